The summed E-state index contributed by atoms with van der Waals surface area (Å²) in [6.07, 6.45) is 21.7. The van der Waals surface area contributed by atoms with Gasteiger partial charge in [-0.3, -0.25) is 4.79 Å². The highest BCUT2D eigenvalue weighted by Crippen LogP contribution is 2.24. The number of rotatable bonds is 20. The molecule has 2 nitrogen and oxygen atoms in total. The highest BCUT2D eigenvalue weighted by Gasteiger charge is 2.15. The van der Waals surface area contributed by atoms with E-state index in [1.165, 1.54) is 102 Å². The Morgan fingerprint density at radius 3 is 1.61 bits per heavy atom. The molecule has 0 radical (unpaired) electrons. The molecule has 0 heterocycles. The first-order valence-electron chi connectivity index (χ1n) is 13.0. The van der Waals surface area contributed by atoms with Crippen LogP contribution in [0.4, 0.5) is 0 Å². The fourth-order valence-electron chi connectivity index (χ4n) is 3.81. The molecule has 1 aromatic carbocycles. The number of thioether (sulfide) groups is 1. The van der Waals surface area contributed by atoms with Gasteiger partial charge in [0.1, 0.15) is 5.25 Å². The number of hydrogen-bond acceptors (Lipinski definition) is 3. The fraction of sp³-hybridized carbons (Fsp3) is 0.750. The number of unbranched alkanes of at least 4 members (excludes halogenated alkanes) is 15. The van der Waals surface area contributed by atoms with Gasteiger partial charge in [0, 0.05) is 4.90 Å². The normalized spacial score (nSPS) is 12.1. The molecule has 1 unspecified atom stereocenters. The molecule has 1 rings (SSSR count). The van der Waals surface area contributed by atoms with Crippen molar-refractivity contribution < 1.29 is 9.53 Å². The zero-order valence-corrected chi connectivity index (χ0v) is 21.4. The molecule has 1 atom stereocenters. The van der Waals surface area contributed by atoms with E-state index in [1.807, 2.05) is 6.92 Å². The Kier molecular flexibility index (Phi) is 17.8. The Morgan fingerprint density at radius 2 is 1.16 bits per heavy atom. The van der Waals surface area contributed by atoms with Crippen LogP contribution in [0, 0.1) is 6.92 Å². The monoisotopic (exact) mass is 448 g/mol. The Balaban J connectivity index is 1.83. The van der Waals surface area contributed by atoms with E-state index in [0.29, 0.717) is 6.61 Å². The second-order valence-corrected chi connectivity index (χ2v) is 10.5. The smallest absolute Gasteiger partial charge is 0.319 e. The van der Waals surface area contributed by atoms with Gasteiger partial charge in [0.25, 0.3) is 0 Å². The van der Waals surface area contributed by atoms with Crippen molar-refractivity contribution in [3.63, 3.8) is 0 Å². The van der Waals surface area contributed by atoms with Gasteiger partial charge >= 0.3 is 5.97 Å². The summed E-state index contributed by atoms with van der Waals surface area (Å²) in [5, 5.41) is -0.149. The third-order valence-electron chi connectivity index (χ3n) is 5.91. The quantitative estimate of drug-likeness (QED) is 0.113. The summed E-state index contributed by atoms with van der Waals surface area (Å²) in [7, 11) is 0. The van der Waals surface area contributed by atoms with Gasteiger partial charge in [0.2, 0.25) is 0 Å². The molecular formula is C28H48O2S. The van der Waals surface area contributed by atoms with Gasteiger partial charge in [-0.05, 0) is 32.4 Å². The predicted molar refractivity (Wildman–Crippen MR) is 137 cm³/mol. The number of aryl methyl sites for hydroxylation is 1. The van der Waals surface area contributed by atoms with E-state index in [1.54, 1.807) is 11.8 Å². The summed E-state index contributed by atoms with van der Waals surface area (Å²) >= 11 is 1.58. The molecule has 0 fully saturated rings. The van der Waals surface area contributed by atoms with Crippen molar-refractivity contribution in [3.8, 4) is 0 Å². The van der Waals surface area contributed by atoms with Crippen LogP contribution < -0.4 is 0 Å². The summed E-state index contributed by atoms with van der Waals surface area (Å²) < 4.78 is 5.46. The summed E-state index contributed by atoms with van der Waals surface area (Å²) in [4.78, 5) is 13.3. The zero-order valence-electron chi connectivity index (χ0n) is 20.6. The van der Waals surface area contributed by atoms with Gasteiger partial charge in [-0.1, -0.05) is 121 Å². The van der Waals surface area contributed by atoms with Crippen molar-refractivity contribution >= 4 is 17.7 Å². The molecule has 3 heteroatoms. The first-order valence-corrected chi connectivity index (χ1v) is 13.9. The second kappa shape index (κ2) is 19.7. The van der Waals surface area contributed by atoms with E-state index in [-0.39, 0.29) is 11.2 Å². The maximum absolute atomic E-state index is 12.1. The van der Waals surface area contributed by atoms with E-state index < -0.39 is 0 Å². The SMILES string of the molecule is CCCCCCCCCCCCCCCCCCOC(=O)C(C)Sc1ccc(C)cc1. The largest absolute Gasteiger partial charge is 0.465 e. The molecule has 0 aromatic heterocycles. The van der Waals surface area contributed by atoms with Crippen molar-refractivity contribution in [2.75, 3.05) is 6.61 Å². The summed E-state index contributed by atoms with van der Waals surface area (Å²) in [5.74, 6) is -0.0912. The third-order valence-corrected chi connectivity index (χ3v) is 7.00. The number of benzene rings is 1. The summed E-state index contributed by atoms with van der Waals surface area (Å²) in [6, 6.07) is 8.30. The molecule has 0 aliphatic carbocycles. The highest BCUT2D eigenvalue weighted by molar-refractivity contribution is 8.00. The topological polar surface area (TPSA) is 26.3 Å². The Hall–Kier alpha value is -0.960. The van der Waals surface area contributed by atoms with Crippen molar-refractivity contribution in [3.05, 3.63) is 29.8 Å². The molecule has 0 N–H and O–H groups in total. The zero-order chi connectivity index (χ0) is 22.6. The van der Waals surface area contributed by atoms with Crippen LogP contribution in [-0.2, 0) is 9.53 Å². The lowest BCUT2D eigenvalue weighted by molar-refractivity contribution is -0.142. The van der Waals surface area contributed by atoms with E-state index in [2.05, 4.69) is 38.1 Å². The van der Waals surface area contributed by atoms with E-state index in [4.69, 9.17) is 4.74 Å². The lowest BCUT2D eigenvalue weighted by Crippen LogP contribution is -2.17. The Labute approximate surface area is 197 Å². The average Bonchev–Trinajstić information content (AvgIpc) is 2.77. The first-order chi connectivity index (χ1) is 15.1. The van der Waals surface area contributed by atoms with Crippen LogP contribution in [0.1, 0.15) is 122 Å². The van der Waals surface area contributed by atoms with Crippen LogP contribution in [0.25, 0.3) is 0 Å². The molecule has 0 spiro atoms. The average molecular weight is 449 g/mol. The number of hydrogen-bond donors (Lipinski definition) is 0. The van der Waals surface area contributed by atoms with Crippen LogP contribution in [0.3, 0.4) is 0 Å². The van der Waals surface area contributed by atoms with Crippen LogP contribution in [0.15, 0.2) is 29.2 Å². The molecular weight excluding hydrogens is 400 g/mol. The lowest BCUT2D eigenvalue weighted by Gasteiger charge is -2.11. The van der Waals surface area contributed by atoms with Gasteiger partial charge in [-0.2, -0.15) is 0 Å². The summed E-state index contributed by atoms with van der Waals surface area (Å²) in [5.41, 5.74) is 1.24. The van der Waals surface area contributed by atoms with Gasteiger partial charge in [-0.25, -0.2) is 0 Å². The van der Waals surface area contributed by atoms with Crippen LogP contribution in [-0.4, -0.2) is 17.8 Å². The molecule has 0 aliphatic heterocycles. The van der Waals surface area contributed by atoms with E-state index in [9.17, 15) is 4.79 Å². The Morgan fingerprint density at radius 1 is 0.742 bits per heavy atom. The molecule has 0 saturated heterocycles. The molecule has 0 amide bonds. The van der Waals surface area contributed by atoms with E-state index in [0.717, 1.165) is 11.3 Å². The van der Waals surface area contributed by atoms with Crippen LogP contribution >= 0.6 is 11.8 Å². The van der Waals surface area contributed by atoms with Gasteiger partial charge in [0.15, 0.2) is 0 Å². The third kappa shape index (κ3) is 16.3. The lowest BCUT2D eigenvalue weighted by atomic mass is 10.0. The fourth-order valence-corrected chi connectivity index (χ4v) is 4.68. The van der Waals surface area contributed by atoms with Crippen LogP contribution in [0.5, 0.6) is 0 Å². The maximum Gasteiger partial charge on any atom is 0.319 e. The molecule has 0 aliphatic rings. The van der Waals surface area contributed by atoms with E-state index >= 15 is 0 Å². The first kappa shape index (κ1) is 28.1. The minimum absolute atomic E-state index is 0.0912. The highest BCUT2D eigenvalue weighted by atomic mass is 32.2. The van der Waals surface area contributed by atoms with Gasteiger partial charge < -0.3 is 4.74 Å². The molecule has 1 aromatic rings. The van der Waals surface area contributed by atoms with Crippen molar-refractivity contribution in [1.82, 2.24) is 0 Å². The molecule has 31 heavy (non-hydrogen) atoms. The molecule has 0 saturated carbocycles. The van der Waals surface area contributed by atoms with Gasteiger partial charge in [0.05, 0.1) is 6.61 Å². The minimum Gasteiger partial charge on any atom is -0.465 e. The standard InChI is InChI=1S/C28H48O2S/c1-4-5-6-7-8-9-10-11-12-13-14-15-16-17-18-19-24-30-28(29)26(3)31-27-22-20-25(2)21-23-27/h20-23,26H,4-19,24H2,1-3H3. The van der Waals surface area contributed by atoms with Crippen molar-refractivity contribution in [2.45, 2.75) is 134 Å². The maximum atomic E-state index is 12.1. The number of carbonyl (C=O) groups excluding carboxylic acids is 1. The van der Waals surface area contributed by atoms with Crippen molar-refractivity contribution in [1.29, 1.82) is 0 Å². The Bertz CT molecular complexity index is 540. The predicted octanol–water partition coefficient (Wildman–Crippen LogP) is 9.28. The van der Waals surface area contributed by atoms with Crippen molar-refractivity contribution in [2.24, 2.45) is 0 Å². The number of carbonyl (C=O) groups is 1. The number of ether oxygens (including phenoxy) is 1. The molecule has 0 bridgehead atoms. The summed E-state index contributed by atoms with van der Waals surface area (Å²) in [6.45, 7) is 6.85. The molecule has 178 valence electrons. The minimum atomic E-state index is -0.149. The van der Waals surface area contributed by atoms with Crippen LogP contribution in [0.2, 0.25) is 0 Å². The second-order valence-electron chi connectivity index (χ2n) is 9.04. The van der Waals surface area contributed by atoms with Gasteiger partial charge in [-0.15, -0.1) is 11.8 Å². The number of esters is 1.